The lowest BCUT2D eigenvalue weighted by molar-refractivity contribution is -0.118. The van der Waals surface area contributed by atoms with Crippen molar-refractivity contribution >= 4 is 16.6 Å². The molecule has 0 heterocycles. The quantitative estimate of drug-likeness (QED) is 0.850. The van der Waals surface area contributed by atoms with Crippen LogP contribution >= 0.6 is 0 Å². The molecule has 0 radical (unpaired) electrons. The second kappa shape index (κ2) is 4.45. The molecule has 2 nitrogen and oxygen atoms in total. The van der Waals surface area contributed by atoms with Crippen molar-refractivity contribution in [1.29, 1.82) is 0 Å². The van der Waals surface area contributed by atoms with Crippen molar-refractivity contribution in [1.82, 2.24) is 0 Å². The highest BCUT2D eigenvalue weighted by molar-refractivity contribution is 5.84. The van der Waals surface area contributed by atoms with Gasteiger partial charge in [-0.25, -0.2) is 0 Å². The second-order valence-corrected chi connectivity index (χ2v) is 4.10. The third kappa shape index (κ3) is 2.28. The molecule has 2 N–H and O–H groups in total. The Balaban J connectivity index is 2.29. The molecule has 0 aliphatic heterocycles. The molecule has 2 aromatic carbocycles. The van der Waals surface area contributed by atoms with Crippen molar-refractivity contribution in [2.24, 2.45) is 5.73 Å². The van der Waals surface area contributed by atoms with Crippen LogP contribution in [0.25, 0.3) is 10.8 Å². The summed E-state index contributed by atoms with van der Waals surface area (Å²) in [7, 11) is 0. The number of ketones is 1. The Labute approximate surface area is 95.1 Å². The van der Waals surface area contributed by atoms with E-state index in [0.29, 0.717) is 6.42 Å². The minimum absolute atomic E-state index is 0.0353. The Kier molecular flexibility index (Phi) is 3.02. The average Bonchev–Trinajstić information content (AvgIpc) is 2.28. The summed E-state index contributed by atoms with van der Waals surface area (Å²) < 4.78 is 0. The van der Waals surface area contributed by atoms with Crippen LogP contribution in [0.5, 0.6) is 0 Å². The van der Waals surface area contributed by atoms with E-state index in [1.807, 2.05) is 18.2 Å². The van der Waals surface area contributed by atoms with Gasteiger partial charge in [0, 0.05) is 0 Å². The normalized spacial score (nSPS) is 12.6. The molecule has 0 saturated heterocycles. The summed E-state index contributed by atoms with van der Waals surface area (Å²) in [4.78, 5) is 11.1. The summed E-state index contributed by atoms with van der Waals surface area (Å²) in [5.41, 5.74) is 6.86. The molecular formula is C14H15NO. The van der Waals surface area contributed by atoms with Gasteiger partial charge in [-0.1, -0.05) is 42.5 Å². The van der Waals surface area contributed by atoms with Crippen molar-refractivity contribution < 1.29 is 4.79 Å². The zero-order chi connectivity index (χ0) is 11.5. The fraction of sp³-hybridized carbons (Fsp3) is 0.214. The average molecular weight is 213 g/mol. The van der Waals surface area contributed by atoms with Crippen molar-refractivity contribution in [2.45, 2.75) is 19.4 Å². The number of carbonyl (C=O) groups excluding carboxylic acids is 1. The van der Waals surface area contributed by atoms with Crippen LogP contribution in [0.1, 0.15) is 12.5 Å². The molecule has 2 aromatic rings. The lowest BCUT2D eigenvalue weighted by Crippen LogP contribution is -2.30. The van der Waals surface area contributed by atoms with E-state index in [1.165, 1.54) is 17.7 Å². The van der Waals surface area contributed by atoms with Gasteiger partial charge >= 0.3 is 0 Å². The lowest BCUT2D eigenvalue weighted by atomic mass is 10.0. The molecule has 0 unspecified atom stereocenters. The first kappa shape index (κ1) is 10.8. The molecule has 2 rings (SSSR count). The van der Waals surface area contributed by atoms with E-state index in [0.717, 1.165) is 5.56 Å². The van der Waals surface area contributed by atoms with E-state index >= 15 is 0 Å². The van der Waals surface area contributed by atoms with Crippen molar-refractivity contribution in [3.05, 3.63) is 48.0 Å². The van der Waals surface area contributed by atoms with E-state index in [9.17, 15) is 4.79 Å². The highest BCUT2D eigenvalue weighted by atomic mass is 16.1. The van der Waals surface area contributed by atoms with Crippen LogP contribution in [-0.4, -0.2) is 11.8 Å². The molecule has 0 bridgehead atoms. The maximum atomic E-state index is 11.1. The van der Waals surface area contributed by atoms with Crippen LogP contribution < -0.4 is 5.73 Å². The zero-order valence-electron chi connectivity index (χ0n) is 9.31. The highest BCUT2D eigenvalue weighted by Gasteiger charge is 2.08. The topological polar surface area (TPSA) is 43.1 Å². The van der Waals surface area contributed by atoms with Gasteiger partial charge in [0.15, 0.2) is 0 Å². The Morgan fingerprint density at radius 1 is 1.19 bits per heavy atom. The standard InChI is InChI=1S/C14H15NO/c1-10(16)14(15)9-11-6-7-12-4-2-3-5-13(12)8-11/h2-8,14H,9,15H2,1H3/t14-/m0/s1. The molecular weight excluding hydrogens is 198 g/mol. The molecule has 0 saturated carbocycles. The molecule has 0 amide bonds. The Morgan fingerprint density at radius 2 is 1.88 bits per heavy atom. The zero-order valence-corrected chi connectivity index (χ0v) is 9.31. The maximum Gasteiger partial charge on any atom is 0.146 e. The predicted molar refractivity (Wildman–Crippen MR) is 66.3 cm³/mol. The third-order valence-electron chi connectivity index (χ3n) is 2.79. The Bertz CT molecular complexity index is 519. The van der Waals surface area contributed by atoms with Crippen molar-refractivity contribution in [3.63, 3.8) is 0 Å². The fourth-order valence-corrected chi connectivity index (χ4v) is 1.76. The van der Waals surface area contributed by atoms with Gasteiger partial charge in [-0.05, 0) is 29.7 Å². The van der Waals surface area contributed by atoms with Gasteiger partial charge < -0.3 is 5.73 Å². The predicted octanol–water partition coefficient (Wildman–Crippen LogP) is 2.30. The minimum atomic E-state index is -0.388. The van der Waals surface area contributed by atoms with Crippen LogP contribution in [0, 0.1) is 0 Å². The summed E-state index contributed by atoms with van der Waals surface area (Å²) in [6, 6.07) is 14.0. The number of Topliss-reactive ketones (excluding diaryl/α,β-unsaturated/α-hetero) is 1. The van der Waals surface area contributed by atoms with Crippen molar-refractivity contribution in [3.8, 4) is 0 Å². The molecule has 0 aliphatic carbocycles. The Hall–Kier alpha value is -1.67. The first-order valence-corrected chi connectivity index (χ1v) is 5.40. The molecule has 0 spiro atoms. The van der Waals surface area contributed by atoms with Gasteiger partial charge in [-0.15, -0.1) is 0 Å². The van der Waals surface area contributed by atoms with Gasteiger partial charge in [0.25, 0.3) is 0 Å². The van der Waals surface area contributed by atoms with Gasteiger partial charge in [0.2, 0.25) is 0 Å². The summed E-state index contributed by atoms with van der Waals surface area (Å²) in [6.45, 7) is 1.53. The van der Waals surface area contributed by atoms with Gasteiger partial charge in [-0.2, -0.15) is 0 Å². The molecule has 16 heavy (non-hydrogen) atoms. The first-order valence-electron chi connectivity index (χ1n) is 5.40. The molecule has 1 atom stereocenters. The number of nitrogens with two attached hydrogens (primary N) is 1. The number of hydrogen-bond donors (Lipinski definition) is 1. The SMILES string of the molecule is CC(=O)[C@@H](N)Cc1ccc2ccccc2c1. The van der Waals surface area contributed by atoms with E-state index < -0.39 is 0 Å². The minimum Gasteiger partial charge on any atom is -0.321 e. The van der Waals surface area contributed by atoms with E-state index in [4.69, 9.17) is 5.73 Å². The van der Waals surface area contributed by atoms with Gasteiger partial charge in [-0.3, -0.25) is 4.79 Å². The second-order valence-electron chi connectivity index (χ2n) is 4.10. The van der Waals surface area contributed by atoms with Crippen molar-refractivity contribution in [2.75, 3.05) is 0 Å². The van der Waals surface area contributed by atoms with Crippen LogP contribution in [0.4, 0.5) is 0 Å². The number of hydrogen-bond acceptors (Lipinski definition) is 2. The largest absolute Gasteiger partial charge is 0.321 e. The van der Waals surface area contributed by atoms with E-state index in [-0.39, 0.29) is 11.8 Å². The van der Waals surface area contributed by atoms with Gasteiger partial charge in [0.1, 0.15) is 5.78 Å². The Morgan fingerprint density at radius 3 is 2.56 bits per heavy atom. The summed E-state index contributed by atoms with van der Waals surface area (Å²) in [6.07, 6.45) is 0.611. The molecule has 2 heteroatoms. The van der Waals surface area contributed by atoms with Crippen LogP contribution in [0.15, 0.2) is 42.5 Å². The number of fused-ring (bicyclic) bond motifs is 1. The van der Waals surface area contributed by atoms with E-state index in [2.05, 4.69) is 24.3 Å². The summed E-state index contributed by atoms with van der Waals surface area (Å²) in [5.74, 6) is 0.0353. The molecule has 0 aromatic heterocycles. The lowest BCUT2D eigenvalue weighted by Gasteiger charge is -2.08. The number of carbonyl (C=O) groups is 1. The number of benzene rings is 2. The summed E-state index contributed by atoms with van der Waals surface area (Å²) in [5, 5.41) is 2.40. The smallest absolute Gasteiger partial charge is 0.146 e. The fourth-order valence-electron chi connectivity index (χ4n) is 1.76. The maximum absolute atomic E-state index is 11.1. The summed E-state index contributed by atoms with van der Waals surface area (Å²) >= 11 is 0. The molecule has 82 valence electrons. The van der Waals surface area contributed by atoms with Crippen LogP contribution in [-0.2, 0) is 11.2 Å². The number of rotatable bonds is 3. The molecule has 0 aliphatic rings. The highest BCUT2D eigenvalue weighted by Crippen LogP contribution is 2.16. The van der Waals surface area contributed by atoms with Crippen LogP contribution in [0.2, 0.25) is 0 Å². The van der Waals surface area contributed by atoms with E-state index in [1.54, 1.807) is 0 Å². The third-order valence-corrected chi connectivity index (χ3v) is 2.79. The molecule has 0 fully saturated rings. The van der Waals surface area contributed by atoms with Crippen LogP contribution in [0.3, 0.4) is 0 Å². The monoisotopic (exact) mass is 213 g/mol. The first-order chi connectivity index (χ1) is 7.66. The van der Waals surface area contributed by atoms with Gasteiger partial charge in [0.05, 0.1) is 6.04 Å².